The van der Waals surface area contributed by atoms with Crippen LogP contribution in [0.3, 0.4) is 0 Å². The third kappa shape index (κ3) is 3.44. The molecule has 9 heteroatoms. The number of hydrogen-bond donors (Lipinski definition) is 0. The largest absolute Gasteiger partial charge is 0.378 e. The van der Waals surface area contributed by atoms with Crippen LogP contribution in [0.25, 0.3) is 0 Å². The molecule has 0 saturated carbocycles. The number of aromatic nitrogens is 5. The van der Waals surface area contributed by atoms with Gasteiger partial charge in [0.15, 0.2) is 5.82 Å². The van der Waals surface area contributed by atoms with Gasteiger partial charge in [0.2, 0.25) is 0 Å². The van der Waals surface area contributed by atoms with Crippen molar-refractivity contribution in [2.45, 2.75) is 25.3 Å². The van der Waals surface area contributed by atoms with Crippen molar-refractivity contribution >= 4 is 6.03 Å². The number of likely N-dealkylation sites (tertiary alicyclic amines) is 1. The number of morpholine rings is 1. The first-order chi connectivity index (χ1) is 12.7. The van der Waals surface area contributed by atoms with Gasteiger partial charge in [-0.1, -0.05) is 0 Å². The summed E-state index contributed by atoms with van der Waals surface area (Å²) in [6, 6.07) is 2.02. The first kappa shape index (κ1) is 17.0. The van der Waals surface area contributed by atoms with Crippen LogP contribution in [0.2, 0.25) is 0 Å². The predicted molar refractivity (Wildman–Crippen MR) is 93.7 cm³/mol. The summed E-state index contributed by atoms with van der Waals surface area (Å²) < 4.78 is 9.23. The number of rotatable bonds is 3. The van der Waals surface area contributed by atoms with Crippen molar-refractivity contribution in [3.8, 4) is 0 Å². The molecule has 2 aromatic heterocycles. The maximum Gasteiger partial charge on any atom is 0.320 e. The van der Waals surface area contributed by atoms with Crippen molar-refractivity contribution < 1.29 is 9.53 Å². The highest BCUT2D eigenvalue weighted by Gasteiger charge is 2.31. The van der Waals surface area contributed by atoms with E-state index in [2.05, 4.69) is 19.9 Å². The fraction of sp³-hybridized carbons (Fsp3) is 0.647. The molecule has 1 unspecified atom stereocenters. The number of hydrogen-bond acceptors (Lipinski definition) is 5. The third-order valence-corrected chi connectivity index (χ3v) is 5.20. The summed E-state index contributed by atoms with van der Waals surface area (Å²) in [7, 11) is 2.00. The van der Waals surface area contributed by atoms with E-state index in [4.69, 9.17) is 4.74 Å². The lowest BCUT2D eigenvalue weighted by Crippen LogP contribution is -2.50. The van der Waals surface area contributed by atoms with Gasteiger partial charge in [0.1, 0.15) is 12.4 Å². The minimum absolute atomic E-state index is 0.122. The zero-order chi connectivity index (χ0) is 17.9. The second-order valence-electron chi connectivity index (χ2n) is 6.90. The lowest BCUT2D eigenvalue weighted by atomic mass is 9.97. The second kappa shape index (κ2) is 7.45. The zero-order valence-electron chi connectivity index (χ0n) is 15.1. The van der Waals surface area contributed by atoms with E-state index in [1.54, 1.807) is 6.20 Å². The van der Waals surface area contributed by atoms with Crippen LogP contribution in [0, 0.1) is 0 Å². The Morgan fingerprint density at radius 2 is 2.08 bits per heavy atom. The van der Waals surface area contributed by atoms with Crippen molar-refractivity contribution in [2.24, 2.45) is 7.05 Å². The van der Waals surface area contributed by atoms with Crippen LogP contribution in [0.4, 0.5) is 4.79 Å². The molecule has 0 aromatic carbocycles. The smallest absolute Gasteiger partial charge is 0.320 e. The van der Waals surface area contributed by atoms with Crippen molar-refractivity contribution in [1.29, 1.82) is 0 Å². The molecular weight excluding hydrogens is 334 g/mol. The lowest BCUT2D eigenvalue weighted by Gasteiger charge is -2.37. The normalized spacial score (nSPS) is 21.2. The molecule has 2 aromatic rings. The molecule has 2 aliphatic heterocycles. The molecular formula is C17H25N7O2. The molecule has 0 radical (unpaired) electrons. The van der Waals surface area contributed by atoms with E-state index in [9.17, 15) is 4.79 Å². The van der Waals surface area contributed by atoms with Gasteiger partial charge >= 0.3 is 6.03 Å². The topological polar surface area (TPSA) is 81.3 Å². The average molecular weight is 359 g/mol. The van der Waals surface area contributed by atoms with Crippen LogP contribution < -0.4 is 0 Å². The molecule has 2 amide bonds. The van der Waals surface area contributed by atoms with Crippen molar-refractivity contribution in [3.63, 3.8) is 0 Å². The van der Waals surface area contributed by atoms with Gasteiger partial charge in [0.25, 0.3) is 0 Å². The summed E-state index contributed by atoms with van der Waals surface area (Å²) in [6.45, 7) is 4.72. The number of carbonyl (C=O) groups is 1. The highest BCUT2D eigenvalue weighted by molar-refractivity contribution is 5.74. The predicted octanol–water partition coefficient (Wildman–Crippen LogP) is 0.692. The van der Waals surface area contributed by atoms with Crippen LogP contribution in [0.5, 0.6) is 0 Å². The molecule has 4 rings (SSSR count). The van der Waals surface area contributed by atoms with Crippen LogP contribution in [-0.4, -0.2) is 79.8 Å². The molecule has 140 valence electrons. The number of nitrogens with zero attached hydrogens (tertiary/aromatic N) is 7. The molecule has 0 N–H and O–H groups in total. The second-order valence-corrected chi connectivity index (χ2v) is 6.90. The molecule has 2 fully saturated rings. The van der Waals surface area contributed by atoms with Gasteiger partial charge in [0, 0.05) is 51.5 Å². The van der Waals surface area contributed by atoms with Crippen LogP contribution in [0.1, 0.15) is 30.4 Å². The van der Waals surface area contributed by atoms with E-state index < -0.39 is 0 Å². The van der Waals surface area contributed by atoms with Gasteiger partial charge in [-0.15, -0.1) is 10.2 Å². The molecule has 1 atom stereocenters. The molecule has 26 heavy (non-hydrogen) atoms. The first-order valence-electron chi connectivity index (χ1n) is 9.19. The lowest BCUT2D eigenvalue weighted by molar-refractivity contribution is 0.0407. The number of carbonyl (C=O) groups excluding carboxylic acids is 1. The maximum atomic E-state index is 12.8. The molecule has 2 aliphatic rings. The standard InChI is InChI=1S/C17H25N7O2/c1-21-15(13-24-7-3-5-18-24)19-20-16(21)14-4-2-6-23(12-14)17(25)22-8-10-26-11-9-22/h3,5,7,14H,2,4,6,8-13H2,1H3. The third-order valence-electron chi connectivity index (χ3n) is 5.20. The number of amides is 2. The van der Waals surface area contributed by atoms with Crippen molar-refractivity contribution in [2.75, 3.05) is 39.4 Å². The van der Waals surface area contributed by atoms with Gasteiger partial charge in [-0.25, -0.2) is 4.79 Å². The van der Waals surface area contributed by atoms with E-state index in [-0.39, 0.29) is 11.9 Å². The highest BCUT2D eigenvalue weighted by Crippen LogP contribution is 2.26. The van der Waals surface area contributed by atoms with Crippen LogP contribution in [-0.2, 0) is 18.3 Å². The Kier molecular flexibility index (Phi) is 4.87. The fourth-order valence-electron chi connectivity index (χ4n) is 3.72. The minimum Gasteiger partial charge on any atom is -0.378 e. The Morgan fingerprint density at radius 1 is 1.23 bits per heavy atom. The Labute approximate surface area is 152 Å². The maximum absolute atomic E-state index is 12.8. The van der Waals surface area contributed by atoms with Gasteiger partial charge in [-0.05, 0) is 18.9 Å². The van der Waals surface area contributed by atoms with E-state index in [0.717, 1.165) is 31.0 Å². The Hall–Kier alpha value is -2.42. The minimum atomic E-state index is 0.122. The van der Waals surface area contributed by atoms with Crippen LogP contribution in [0.15, 0.2) is 18.5 Å². The quantitative estimate of drug-likeness (QED) is 0.805. The summed E-state index contributed by atoms with van der Waals surface area (Å²) >= 11 is 0. The summed E-state index contributed by atoms with van der Waals surface area (Å²) in [5, 5.41) is 13.0. The zero-order valence-corrected chi connectivity index (χ0v) is 15.1. The van der Waals surface area contributed by atoms with Gasteiger partial charge in [-0.2, -0.15) is 5.10 Å². The Morgan fingerprint density at radius 3 is 2.85 bits per heavy atom. The van der Waals surface area contributed by atoms with E-state index >= 15 is 0 Å². The molecule has 2 saturated heterocycles. The molecule has 0 aliphatic carbocycles. The fourth-order valence-corrected chi connectivity index (χ4v) is 3.72. The summed E-state index contributed by atoms with van der Waals surface area (Å²) in [5.74, 6) is 2.05. The first-order valence-corrected chi connectivity index (χ1v) is 9.19. The Balaban J connectivity index is 1.44. The summed E-state index contributed by atoms with van der Waals surface area (Å²) in [4.78, 5) is 16.6. The number of ether oxygens (including phenoxy) is 1. The Bertz CT molecular complexity index is 736. The molecule has 4 heterocycles. The molecule has 0 spiro atoms. The summed E-state index contributed by atoms with van der Waals surface area (Å²) in [5.41, 5.74) is 0. The van der Waals surface area contributed by atoms with Crippen LogP contribution >= 0.6 is 0 Å². The number of piperidine rings is 1. The van der Waals surface area contributed by atoms with Gasteiger partial charge in [0.05, 0.1) is 13.2 Å². The van der Waals surface area contributed by atoms with Gasteiger partial charge in [-0.3, -0.25) is 4.68 Å². The van der Waals surface area contributed by atoms with E-state index in [0.29, 0.717) is 39.4 Å². The monoisotopic (exact) mass is 359 g/mol. The van der Waals surface area contributed by atoms with Gasteiger partial charge < -0.3 is 19.1 Å². The SMILES string of the molecule is Cn1c(Cn2cccn2)nnc1C1CCCN(C(=O)N2CCOCC2)C1. The number of urea groups is 1. The van der Waals surface area contributed by atoms with E-state index in [1.165, 1.54) is 0 Å². The summed E-state index contributed by atoms with van der Waals surface area (Å²) in [6.07, 6.45) is 5.69. The molecule has 9 nitrogen and oxygen atoms in total. The highest BCUT2D eigenvalue weighted by atomic mass is 16.5. The van der Waals surface area contributed by atoms with E-state index in [1.807, 2.05) is 33.8 Å². The van der Waals surface area contributed by atoms with Crippen molar-refractivity contribution in [3.05, 3.63) is 30.1 Å². The van der Waals surface area contributed by atoms with Crippen molar-refractivity contribution in [1.82, 2.24) is 34.3 Å². The average Bonchev–Trinajstić information content (AvgIpc) is 3.33. The molecule has 0 bridgehead atoms.